The molecule has 3 aromatic carbocycles. The second-order valence-corrected chi connectivity index (χ2v) is 9.02. The van der Waals surface area contributed by atoms with E-state index in [2.05, 4.69) is 20.9 Å². The lowest BCUT2D eigenvalue weighted by Crippen LogP contribution is -2.25. The number of hydrogen-bond donors (Lipinski definition) is 3. The molecule has 186 valence electrons. The number of carbonyl (C=O) groups is 2. The molecule has 7 nitrogen and oxygen atoms in total. The van der Waals surface area contributed by atoms with Crippen molar-refractivity contribution in [2.75, 3.05) is 43.9 Å². The number of nitrogens with one attached hydrogen (secondary N) is 3. The van der Waals surface area contributed by atoms with Gasteiger partial charge in [-0.1, -0.05) is 18.2 Å². The number of likely N-dealkylation sites (tertiary alicyclic amines) is 1. The number of rotatable bonds is 8. The van der Waals surface area contributed by atoms with Gasteiger partial charge in [0.1, 0.15) is 0 Å². The molecule has 0 unspecified atom stereocenters. The topological polar surface area (TPSA) is 82.7 Å². The zero-order chi connectivity index (χ0) is 25.1. The number of benzene rings is 3. The van der Waals surface area contributed by atoms with E-state index >= 15 is 0 Å². The predicted octanol–water partition coefficient (Wildman–Crippen LogP) is 4.50. The molecule has 1 fully saturated rings. The van der Waals surface area contributed by atoms with Crippen molar-refractivity contribution in [3.8, 4) is 16.9 Å². The lowest BCUT2D eigenvalue weighted by Gasteiger charge is -2.16. The van der Waals surface area contributed by atoms with Crippen molar-refractivity contribution in [1.29, 1.82) is 0 Å². The zero-order valence-electron chi connectivity index (χ0n) is 20.2. The Balaban J connectivity index is 1.32. The largest absolute Gasteiger partial charge is 0.493 e. The summed E-state index contributed by atoms with van der Waals surface area (Å²) in [5.74, 6) is -0.955. The van der Waals surface area contributed by atoms with E-state index in [0.29, 0.717) is 33.5 Å². The number of halogens is 1. The Bertz CT molecular complexity index is 1290. The molecule has 8 heteroatoms. The summed E-state index contributed by atoms with van der Waals surface area (Å²) < 4.78 is 19.6. The number of carbonyl (C=O) groups excluding carboxylic acids is 2. The molecule has 0 spiro atoms. The van der Waals surface area contributed by atoms with Crippen LogP contribution in [0.2, 0.25) is 0 Å². The van der Waals surface area contributed by atoms with Crippen LogP contribution >= 0.6 is 0 Å². The first-order valence-corrected chi connectivity index (χ1v) is 12.2. The molecule has 3 aromatic rings. The number of ether oxygens (including phenoxy) is 1. The Morgan fingerprint density at radius 3 is 2.58 bits per heavy atom. The maximum atomic E-state index is 14.3. The van der Waals surface area contributed by atoms with Crippen molar-refractivity contribution < 1.29 is 18.7 Å². The van der Waals surface area contributed by atoms with E-state index in [9.17, 15) is 14.0 Å². The molecular formula is C28H29FN4O3. The fourth-order valence-electron chi connectivity index (χ4n) is 4.93. The molecule has 0 atom stereocenters. The van der Waals surface area contributed by atoms with Gasteiger partial charge in [0.05, 0.1) is 18.4 Å². The van der Waals surface area contributed by atoms with Crippen molar-refractivity contribution in [1.82, 2.24) is 10.2 Å². The second kappa shape index (κ2) is 10.4. The normalized spacial score (nSPS) is 14.9. The quantitative estimate of drug-likeness (QED) is 0.435. The van der Waals surface area contributed by atoms with Crippen LogP contribution < -0.4 is 20.7 Å². The summed E-state index contributed by atoms with van der Waals surface area (Å²) in [6, 6.07) is 15.4. The highest BCUT2D eigenvalue weighted by Gasteiger charge is 2.28. The first kappa shape index (κ1) is 23.8. The van der Waals surface area contributed by atoms with Gasteiger partial charge in [0.25, 0.3) is 11.8 Å². The molecule has 5 rings (SSSR count). The third-order valence-electron chi connectivity index (χ3n) is 6.78. The van der Waals surface area contributed by atoms with Gasteiger partial charge < -0.3 is 25.6 Å². The highest BCUT2D eigenvalue weighted by Crippen LogP contribution is 2.39. The molecule has 1 saturated heterocycles. The SMILES string of the molecule is COc1c(F)cccc1-c1ccc(NC(=O)c2ccc(NCCN3CCCC3)cc2)c2c1CNC2=O. The smallest absolute Gasteiger partial charge is 0.255 e. The summed E-state index contributed by atoms with van der Waals surface area (Å²) in [5, 5.41) is 9.09. The van der Waals surface area contributed by atoms with E-state index in [1.807, 2.05) is 12.1 Å². The Kier molecular flexibility index (Phi) is 6.86. The van der Waals surface area contributed by atoms with Crippen molar-refractivity contribution >= 4 is 23.2 Å². The molecule has 0 saturated carbocycles. The summed E-state index contributed by atoms with van der Waals surface area (Å²) in [4.78, 5) is 28.1. The fraction of sp³-hybridized carbons (Fsp3) is 0.286. The van der Waals surface area contributed by atoms with Crippen LogP contribution in [0.25, 0.3) is 11.1 Å². The third kappa shape index (κ3) is 4.77. The minimum absolute atomic E-state index is 0.116. The van der Waals surface area contributed by atoms with Gasteiger partial charge >= 0.3 is 0 Å². The third-order valence-corrected chi connectivity index (χ3v) is 6.78. The number of hydrogen-bond acceptors (Lipinski definition) is 5. The summed E-state index contributed by atoms with van der Waals surface area (Å²) in [7, 11) is 1.41. The Morgan fingerprint density at radius 1 is 1.06 bits per heavy atom. The summed E-state index contributed by atoms with van der Waals surface area (Å²) in [5.41, 5.74) is 4.17. The predicted molar refractivity (Wildman–Crippen MR) is 138 cm³/mol. The van der Waals surface area contributed by atoms with Crippen LogP contribution in [-0.4, -0.2) is 50.0 Å². The van der Waals surface area contributed by atoms with E-state index in [0.717, 1.165) is 18.8 Å². The van der Waals surface area contributed by atoms with Gasteiger partial charge in [-0.3, -0.25) is 9.59 Å². The van der Waals surface area contributed by atoms with E-state index < -0.39 is 5.82 Å². The van der Waals surface area contributed by atoms with E-state index in [1.165, 1.54) is 39.1 Å². The number of nitrogens with zero attached hydrogens (tertiary/aromatic N) is 1. The molecule has 2 aliphatic rings. The minimum Gasteiger partial charge on any atom is -0.493 e. The molecular weight excluding hydrogens is 459 g/mol. The summed E-state index contributed by atoms with van der Waals surface area (Å²) in [6.07, 6.45) is 2.55. The lowest BCUT2D eigenvalue weighted by molar-refractivity contribution is 0.0966. The highest BCUT2D eigenvalue weighted by molar-refractivity contribution is 6.11. The second-order valence-electron chi connectivity index (χ2n) is 9.02. The number of fused-ring (bicyclic) bond motifs is 1. The van der Waals surface area contributed by atoms with Crippen LogP contribution in [-0.2, 0) is 6.54 Å². The lowest BCUT2D eigenvalue weighted by atomic mass is 9.94. The molecule has 2 amide bonds. The fourth-order valence-corrected chi connectivity index (χ4v) is 4.93. The molecule has 0 bridgehead atoms. The number of amides is 2. The number of para-hydroxylation sites is 1. The molecule has 0 radical (unpaired) electrons. The van der Waals surface area contributed by atoms with Crippen molar-refractivity contribution in [2.45, 2.75) is 19.4 Å². The molecule has 2 heterocycles. The van der Waals surface area contributed by atoms with Gasteiger partial charge in [-0.2, -0.15) is 0 Å². The number of anilines is 2. The first-order valence-electron chi connectivity index (χ1n) is 12.2. The van der Waals surface area contributed by atoms with Crippen molar-refractivity contribution in [3.05, 3.63) is 77.1 Å². The summed E-state index contributed by atoms with van der Waals surface area (Å²) in [6.45, 7) is 4.48. The molecule has 2 aliphatic heterocycles. The van der Waals surface area contributed by atoms with Gasteiger partial charge in [-0.05, 0) is 73.5 Å². The number of methoxy groups -OCH3 is 1. The van der Waals surface area contributed by atoms with Crippen molar-refractivity contribution in [2.24, 2.45) is 0 Å². The van der Waals surface area contributed by atoms with Crippen LogP contribution in [0, 0.1) is 5.82 Å². The van der Waals surface area contributed by atoms with E-state index in [1.54, 1.807) is 36.4 Å². The van der Waals surface area contributed by atoms with Gasteiger partial charge in [0.15, 0.2) is 11.6 Å². The van der Waals surface area contributed by atoms with Gasteiger partial charge in [-0.25, -0.2) is 4.39 Å². The highest BCUT2D eigenvalue weighted by atomic mass is 19.1. The molecule has 0 aliphatic carbocycles. The van der Waals surface area contributed by atoms with E-state index in [4.69, 9.17) is 4.74 Å². The molecule has 3 N–H and O–H groups in total. The maximum absolute atomic E-state index is 14.3. The monoisotopic (exact) mass is 488 g/mol. The zero-order valence-corrected chi connectivity index (χ0v) is 20.2. The molecule has 36 heavy (non-hydrogen) atoms. The first-order chi connectivity index (χ1) is 17.5. The van der Waals surface area contributed by atoms with Crippen LogP contribution in [0.5, 0.6) is 5.75 Å². The average molecular weight is 489 g/mol. The van der Waals surface area contributed by atoms with Gasteiger partial charge in [0, 0.05) is 36.4 Å². The Labute approximate surface area is 209 Å². The Morgan fingerprint density at radius 2 is 1.83 bits per heavy atom. The van der Waals surface area contributed by atoms with Gasteiger partial charge in [0.2, 0.25) is 0 Å². The van der Waals surface area contributed by atoms with Crippen molar-refractivity contribution in [3.63, 3.8) is 0 Å². The van der Waals surface area contributed by atoms with Crippen LogP contribution in [0.1, 0.15) is 39.1 Å². The van der Waals surface area contributed by atoms with Crippen LogP contribution in [0.15, 0.2) is 54.6 Å². The minimum atomic E-state index is -0.479. The van der Waals surface area contributed by atoms with Crippen LogP contribution in [0.3, 0.4) is 0 Å². The van der Waals surface area contributed by atoms with Crippen LogP contribution in [0.4, 0.5) is 15.8 Å². The summed E-state index contributed by atoms with van der Waals surface area (Å²) >= 11 is 0. The van der Waals surface area contributed by atoms with E-state index in [-0.39, 0.29) is 24.1 Å². The Hall–Kier alpha value is -3.91. The average Bonchev–Trinajstić information content (AvgIpc) is 3.55. The standard InChI is InChI=1S/C28H29FN4O3/c1-36-26-21(5-4-6-23(26)29)20-11-12-24(25-22(20)17-31-28(25)35)32-27(34)18-7-9-19(10-8-18)30-13-16-33-14-2-3-15-33/h4-12,30H,2-3,13-17H2,1H3,(H,31,35)(H,32,34). The maximum Gasteiger partial charge on any atom is 0.255 e. The van der Waals surface area contributed by atoms with Gasteiger partial charge in [-0.15, -0.1) is 0 Å². The molecule has 0 aromatic heterocycles.